The van der Waals surface area contributed by atoms with Crippen molar-refractivity contribution < 1.29 is 19.1 Å². The molecular formula is C12H16O4. The Morgan fingerprint density at radius 3 is 2.88 bits per heavy atom. The van der Waals surface area contributed by atoms with Gasteiger partial charge in [0.1, 0.15) is 6.10 Å². The molecule has 2 saturated carbocycles. The van der Waals surface area contributed by atoms with Gasteiger partial charge in [0, 0.05) is 0 Å². The molecule has 0 radical (unpaired) electrons. The third kappa shape index (κ3) is 1.22. The predicted octanol–water partition coefficient (Wildman–Crippen LogP) is 1.14. The van der Waals surface area contributed by atoms with Gasteiger partial charge in [0.05, 0.1) is 18.9 Å². The minimum absolute atomic E-state index is 0.0332. The predicted molar refractivity (Wildman–Crippen MR) is 54.3 cm³/mol. The van der Waals surface area contributed by atoms with Gasteiger partial charge in [-0.05, 0) is 31.1 Å². The molecule has 2 heterocycles. The average Bonchev–Trinajstić information content (AvgIpc) is 2.77. The zero-order valence-corrected chi connectivity index (χ0v) is 9.35. The van der Waals surface area contributed by atoms with E-state index in [-0.39, 0.29) is 29.9 Å². The first-order chi connectivity index (χ1) is 7.72. The van der Waals surface area contributed by atoms with Crippen LogP contribution in [0.5, 0.6) is 0 Å². The standard InChI is InChI=1S/C12H16O4/c1-15-11(13)8-5-9-6-3-2-4-7(6)10(8)12(14)16-9/h6-10H,2-5H2,1H3/t6-,7+,8+,9-,10-/m0/s1. The van der Waals surface area contributed by atoms with Crippen LogP contribution in [-0.4, -0.2) is 25.2 Å². The van der Waals surface area contributed by atoms with E-state index in [0.29, 0.717) is 18.3 Å². The van der Waals surface area contributed by atoms with Crippen molar-refractivity contribution in [3.05, 3.63) is 0 Å². The van der Waals surface area contributed by atoms with Crippen LogP contribution in [0.2, 0.25) is 0 Å². The molecule has 0 spiro atoms. The number of esters is 2. The molecule has 88 valence electrons. The second-order valence-corrected chi connectivity index (χ2v) is 5.13. The summed E-state index contributed by atoms with van der Waals surface area (Å²) in [6.45, 7) is 0. The van der Waals surface area contributed by atoms with Crippen molar-refractivity contribution in [2.75, 3.05) is 7.11 Å². The molecule has 0 aromatic heterocycles. The highest BCUT2D eigenvalue weighted by molar-refractivity contribution is 5.84. The molecule has 4 fully saturated rings. The van der Waals surface area contributed by atoms with Gasteiger partial charge in [-0.15, -0.1) is 0 Å². The van der Waals surface area contributed by atoms with Crippen LogP contribution in [0.4, 0.5) is 0 Å². The first-order valence-corrected chi connectivity index (χ1v) is 6.00. The van der Waals surface area contributed by atoms with Gasteiger partial charge in [-0.1, -0.05) is 6.42 Å². The van der Waals surface area contributed by atoms with Crippen LogP contribution < -0.4 is 0 Å². The molecule has 0 aromatic carbocycles. The van der Waals surface area contributed by atoms with Crippen LogP contribution in [0.1, 0.15) is 25.7 Å². The molecule has 2 aliphatic carbocycles. The van der Waals surface area contributed by atoms with Crippen molar-refractivity contribution in [3.63, 3.8) is 0 Å². The molecule has 4 rings (SSSR count). The summed E-state index contributed by atoms with van der Waals surface area (Å²) in [5.41, 5.74) is 0. The molecule has 2 aliphatic heterocycles. The van der Waals surface area contributed by atoms with Gasteiger partial charge in [0.2, 0.25) is 0 Å². The summed E-state index contributed by atoms with van der Waals surface area (Å²) in [6.07, 6.45) is 4.01. The van der Waals surface area contributed by atoms with Gasteiger partial charge in [-0.3, -0.25) is 9.59 Å². The lowest BCUT2D eigenvalue weighted by Crippen LogP contribution is -2.55. The van der Waals surface area contributed by atoms with E-state index >= 15 is 0 Å². The average molecular weight is 224 g/mol. The Labute approximate surface area is 94.3 Å². The Balaban J connectivity index is 1.91. The number of methoxy groups -OCH3 is 1. The molecule has 4 heteroatoms. The number of carbonyl (C=O) groups excluding carboxylic acids is 2. The van der Waals surface area contributed by atoms with Gasteiger partial charge in [-0.2, -0.15) is 0 Å². The van der Waals surface area contributed by atoms with E-state index in [4.69, 9.17) is 9.47 Å². The zero-order chi connectivity index (χ0) is 11.3. The van der Waals surface area contributed by atoms with Crippen LogP contribution in [0.25, 0.3) is 0 Å². The molecule has 4 aliphatic rings. The van der Waals surface area contributed by atoms with Gasteiger partial charge in [-0.25, -0.2) is 0 Å². The molecule has 0 unspecified atom stereocenters. The number of fused-ring (bicyclic) bond motifs is 2. The maximum absolute atomic E-state index is 11.8. The molecule has 2 bridgehead atoms. The quantitative estimate of drug-likeness (QED) is 0.627. The molecule has 0 N–H and O–H groups in total. The summed E-state index contributed by atoms with van der Waals surface area (Å²) in [6, 6.07) is 0. The van der Waals surface area contributed by atoms with Crippen LogP contribution in [0.15, 0.2) is 0 Å². The van der Waals surface area contributed by atoms with Crippen molar-refractivity contribution in [2.24, 2.45) is 23.7 Å². The van der Waals surface area contributed by atoms with Crippen LogP contribution in [0.3, 0.4) is 0 Å². The van der Waals surface area contributed by atoms with E-state index in [1.54, 1.807) is 0 Å². The highest BCUT2D eigenvalue weighted by atomic mass is 16.6. The van der Waals surface area contributed by atoms with E-state index in [9.17, 15) is 9.59 Å². The normalized spacial score (nSPS) is 45.1. The first-order valence-electron chi connectivity index (χ1n) is 6.00. The number of rotatable bonds is 1. The lowest BCUT2D eigenvalue weighted by molar-refractivity contribution is -0.197. The lowest BCUT2D eigenvalue weighted by atomic mass is 9.64. The smallest absolute Gasteiger partial charge is 0.310 e. The minimum Gasteiger partial charge on any atom is -0.469 e. The Hall–Kier alpha value is -1.06. The van der Waals surface area contributed by atoms with Crippen LogP contribution in [0, 0.1) is 23.7 Å². The summed E-state index contributed by atoms with van der Waals surface area (Å²) in [5.74, 6) is -0.0277. The van der Waals surface area contributed by atoms with E-state index < -0.39 is 0 Å². The molecule has 0 amide bonds. The second kappa shape index (κ2) is 3.47. The molecule has 16 heavy (non-hydrogen) atoms. The fraction of sp³-hybridized carbons (Fsp3) is 0.833. The van der Waals surface area contributed by atoms with E-state index in [1.807, 2.05) is 0 Å². The third-order valence-corrected chi connectivity index (χ3v) is 4.53. The number of hydrogen-bond acceptors (Lipinski definition) is 4. The van der Waals surface area contributed by atoms with Crippen molar-refractivity contribution in [3.8, 4) is 0 Å². The third-order valence-electron chi connectivity index (χ3n) is 4.53. The van der Waals surface area contributed by atoms with Crippen LogP contribution in [-0.2, 0) is 19.1 Å². The van der Waals surface area contributed by atoms with Crippen molar-refractivity contribution >= 4 is 11.9 Å². The lowest BCUT2D eigenvalue weighted by Gasteiger charge is -2.47. The second-order valence-electron chi connectivity index (χ2n) is 5.13. The van der Waals surface area contributed by atoms with Crippen LogP contribution >= 0.6 is 0 Å². The van der Waals surface area contributed by atoms with Gasteiger partial charge in [0.15, 0.2) is 0 Å². The molecule has 0 aromatic rings. The fourth-order valence-corrected chi connectivity index (χ4v) is 3.89. The van der Waals surface area contributed by atoms with Crippen molar-refractivity contribution in [1.82, 2.24) is 0 Å². The first kappa shape index (κ1) is 10.1. The summed E-state index contributed by atoms with van der Waals surface area (Å²) in [7, 11) is 1.39. The zero-order valence-electron chi connectivity index (χ0n) is 9.35. The maximum atomic E-state index is 11.8. The number of hydrogen-bond donors (Lipinski definition) is 0. The SMILES string of the molecule is COC(=O)[C@@H]1C[C@@H]2OC(=O)[C@H]1[C@@H]1CCC[C@@H]12. The molecular weight excluding hydrogens is 208 g/mol. The Bertz CT molecular complexity index is 338. The Morgan fingerprint density at radius 1 is 1.38 bits per heavy atom. The van der Waals surface area contributed by atoms with E-state index in [2.05, 4.69) is 0 Å². The van der Waals surface area contributed by atoms with E-state index in [0.717, 1.165) is 19.3 Å². The van der Waals surface area contributed by atoms with E-state index in [1.165, 1.54) is 7.11 Å². The summed E-state index contributed by atoms with van der Waals surface area (Å²) in [4.78, 5) is 23.5. The van der Waals surface area contributed by atoms with Crippen molar-refractivity contribution in [2.45, 2.75) is 31.8 Å². The van der Waals surface area contributed by atoms with Gasteiger partial charge >= 0.3 is 11.9 Å². The summed E-state index contributed by atoms with van der Waals surface area (Å²) < 4.78 is 10.2. The van der Waals surface area contributed by atoms with Gasteiger partial charge in [0.25, 0.3) is 0 Å². The monoisotopic (exact) mass is 224 g/mol. The molecule has 4 nitrogen and oxygen atoms in total. The van der Waals surface area contributed by atoms with Crippen molar-refractivity contribution in [1.29, 1.82) is 0 Å². The number of carbonyl (C=O) groups is 2. The summed E-state index contributed by atoms with van der Waals surface area (Å²) >= 11 is 0. The highest BCUT2D eigenvalue weighted by Gasteiger charge is 2.58. The molecule has 2 saturated heterocycles. The topological polar surface area (TPSA) is 52.6 Å². The fourth-order valence-electron chi connectivity index (χ4n) is 3.89. The number of ether oxygens (including phenoxy) is 2. The largest absolute Gasteiger partial charge is 0.469 e. The Kier molecular flexibility index (Phi) is 2.19. The van der Waals surface area contributed by atoms with Gasteiger partial charge < -0.3 is 9.47 Å². The maximum Gasteiger partial charge on any atom is 0.310 e. The Morgan fingerprint density at radius 2 is 2.12 bits per heavy atom. The summed E-state index contributed by atoms with van der Waals surface area (Å²) in [5, 5.41) is 0. The minimum atomic E-state index is -0.254. The highest BCUT2D eigenvalue weighted by Crippen LogP contribution is 2.53. The molecule has 5 atom stereocenters.